The Morgan fingerprint density at radius 3 is 2.59 bits per heavy atom. The molecule has 0 radical (unpaired) electrons. The highest BCUT2D eigenvalue weighted by molar-refractivity contribution is 5.79. The molecule has 174 valence electrons. The first kappa shape index (κ1) is 22.7. The van der Waals surface area contributed by atoms with E-state index in [1.54, 1.807) is 6.07 Å². The molecule has 1 fully saturated rings. The van der Waals surface area contributed by atoms with Crippen LogP contribution in [0.1, 0.15) is 62.4 Å². The molecule has 0 saturated carbocycles. The monoisotopic (exact) mass is 448 g/mol. The molecule has 2 aromatic rings. The van der Waals surface area contributed by atoms with Gasteiger partial charge in [-0.05, 0) is 36.3 Å². The summed E-state index contributed by atoms with van der Waals surface area (Å²) >= 11 is 0. The summed E-state index contributed by atoms with van der Waals surface area (Å²) in [5, 5.41) is 7.66. The van der Waals surface area contributed by atoms with Gasteiger partial charge in [-0.25, -0.2) is 4.68 Å². The van der Waals surface area contributed by atoms with Gasteiger partial charge in [0.2, 0.25) is 5.91 Å². The normalized spacial score (nSPS) is 23.7. The van der Waals surface area contributed by atoms with E-state index in [0.29, 0.717) is 37.4 Å². The topological polar surface area (TPSA) is 50.2 Å². The molecule has 3 heterocycles. The number of fused-ring (bicyclic) bond motifs is 1. The number of hydrogen-bond acceptors (Lipinski definition) is 3. The van der Waals surface area contributed by atoms with E-state index >= 15 is 0 Å². The molecule has 3 atom stereocenters. The summed E-state index contributed by atoms with van der Waals surface area (Å²) in [6.07, 6.45) is -3.37. The quantitative estimate of drug-likeness (QED) is 0.712. The van der Waals surface area contributed by atoms with Crippen molar-refractivity contribution in [2.45, 2.75) is 71.1 Å². The van der Waals surface area contributed by atoms with Crippen molar-refractivity contribution in [2.24, 2.45) is 5.41 Å². The zero-order chi connectivity index (χ0) is 23.3. The summed E-state index contributed by atoms with van der Waals surface area (Å²) in [7, 11) is 0. The Morgan fingerprint density at radius 2 is 1.94 bits per heavy atom. The number of likely N-dealkylation sites (tertiary alicyclic amines) is 1. The van der Waals surface area contributed by atoms with Gasteiger partial charge < -0.3 is 10.2 Å². The Bertz CT molecular complexity index is 992. The molecule has 0 unspecified atom stereocenters. The standard InChI is InChI=1S/C24H31F3N4O/c1-15-7-5-6-8-16(15)11-22(32)30-10-9-17(14-30)18-12-21-28-19(23(2,3)4)13-20(24(25,26)27)31(21)29-18/h5-8,12,17,19-20,28H,9-11,13-14H2,1-4H3/t17-,19+,20-/m0/s1. The highest BCUT2D eigenvalue weighted by Gasteiger charge is 2.48. The Balaban J connectivity index is 1.51. The molecule has 1 aromatic heterocycles. The fourth-order valence-electron chi connectivity index (χ4n) is 4.67. The van der Waals surface area contributed by atoms with Crippen LogP contribution in [-0.2, 0) is 11.2 Å². The Morgan fingerprint density at radius 1 is 1.22 bits per heavy atom. The number of aryl methyl sites for hydroxylation is 1. The molecule has 0 aliphatic carbocycles. The molecule has 0 spiro atoms. The SMILES string of the molecule is Cc1ccccc1CC(=O)N1CC[C@H](c2cc3n(n2)[C@H](C(F)(F)F)C[C@H](C(C)(C)C)N3)C1. The summed E-state index contributed by atoms with van der Waals surface area (Å²) in [6, 6.07) is 7.61. The molecule has 5 nitrogen and oxygen atoms in total. The highest BCUT2D eigenvalue weighted by atomic mass is 19.4. The van der Waals surface area contributed by atoms with Crippen molar-refractivity contribution in [3.8, 4) is 0 Å². The van der Waals surface area contributed by atoms with Crippen molar-refractivity contribution in [3.05, 3.63) is 47.2 Å². The number of nitrogens with one attached hydrogen (secondary N) is 1. The van der Waals surface area contributed by atoms with Crippen LogP contribution in [0.2, 0.25) is 0 Å². The van der Waals surface area contributed by atoms with Gasteiger partial charge in [-0.1, -0.05) is 45.0 Å². The van der Waals surface area contributed by atoms with E-state index < -0.39 is 12.2 Å². The second-order valence-corrected chi connectivity index (χ2v) is 10.2. The fourth-order valence-corrected chi connectivity index (χ4v) is 4.67. The van der Waals surface area contributed by atoms with Gasteiger partial charge in [-0.15, -0.1) is 0 Å². The van der Waals surface area contributed by atoms with Gasteiger partial charge in [-0.2, -0.15) is 18.3 Å². The second kappa shape index (κ2) is 8.12. The smallest absolute Gasteiger partial charge is 0.367 e. The van der Waals surface area contributed by atoms with Gasteiger partial charge in [0, 0.05) is 31.1 Å². The van der Waals surface area contributed by atoms with Crippen LogP contribution < -0.4 is 5.32 Å². The summed E-state index contributed by atoms with van der Waals surface area (Å²) in [4.78, 5) is 14.6. The van der Waals surface area contributed by atoms with Crippen LogP contribution in [0.25, 0.3) is 0 Å². The Kier molecular flexibility index (Phi) is 5.75. The number of amides is 1. The first-order chi connectivity index (χ1) is 14.9. The first-order valence-corrected chi connectivity index (χ1v) is 11.2. The van der Waals surface area contributed by atoms with Crippen LogP contribution in [0.15, 0.2) is 30.3 Å². The van der Waals surface area contributed by atoms with Gasteiger partial charge in [0.15, 0.2) is 6.04 Å². The van der Waals surface area contributed by atoms with Crippen LogP contribution in [-0.4, -0.2) is 45.9 Å². The average molecular weight is 449 g/mol. The minimum atomic E-state index is -4.37. The molecule has 1 saturated heterocycles. The summed E-state index contributed by atoms with van der Waals surface area (Å²) in [6.45, 7) is 8.90. The Labute approximate surface area is 187 Å². The average Bonchev–Trinajstić information content (AvgIpc) is 3.34. The predicted octanol–water partition coefficient (Wildman–Crippen LogP) is 5.08. The maximum atomic E-state index is 13.8. The maximum absolute atomic E-state index is 13.8. The number of hydrogen-bond donors (Lipinski definition) is 1. The van der Waals surface area contributed by atoms with Crippen molar-refractivity contribution >= 4 is 11.7 Å². The molecule has 0 bridgehead atoms. The van der Waals surface area contributed by atoms with Crippen molar-refractivity contribution < 1.29 is 18.0 Å². The Hall–Kier alpha value is -2.51. The molecule has 8 heteroatoms. The molecule has 4 rings (SSSR count). The van der Waals surface area contributed by atoms with Crippen molar-refractivity contribution in [2.75, 3.05) is 18.4 Å². The van der Waals surface area contributed by atoms with Crippen LogP contribution >= 0.6 is 0 Å². The number of anilines is 1. The van der Waals surface area contributed by atoms with Gasteiger partial charge in [-0.3, -0.25) is 4.79 Å². The lowest BCUT2D eigenvalue weighted by atomic mass is 9.82. The lowest BCUT2D eigenvalue weighted by molar-refractivity contribution is -0.175. The number of alkyl halides is 3. The van der Waals surface area contributed by atoms with E-state index in [9.17, 15) is 18.0 Å². The molecule has 2 aliphatic rings. The molecule has 1 N–H and O–H groups in total. The summed E-state index contributed by atoms with van der Waals surface area (Å²) in [5.41, 5.74) is 2.40. The molecule has 32 heavy (non-hydrogen) atoms. The van der Waals surface area contributed by atoms with Crippen molar-refractivity contribution in [3.63, 3.8) is 0 Å². The molecule has 2 aliphatic heterocycles. The molecule has 1 amide bonds. The summed E-state index contributed by atoms with van der Waals surface area (Å²) < 4.78 is 42.6. The van der Waals surface area contributed by atoms with Gasteiger partial charge in [0.1, 0.15) is 5.82 Å². The number of benzene rings is 1. The number of carbonyl (C=O) groups is 1. The highest BCUT2D eigenvalue weighted by Crippen LogP contribution is 2.44. The van der Waals surface area contributed by atoms with E-state index in [1.165, 1.54) is 0 Å². The van der Waals surface area contributed by atoms with Crippen molar-refractivity contribution in [1.82, 2.24) is 14.7 Å². The van der Waals surface area contributed by atoms with Gasteiger partial charge in [0.25, 0.3) is 0 Å². The molecular weight excluding hydrogens is 417 g/mol. The summed E-state index contributed by atoms with van der Waals surface area (Å²) in [5.74, 6) is 0.403. The van der Waals surface area contributed by atoms with Crippen LogP contribution in [0.4, 0.5) is 19.0 Å². The largest absolute Gasteiger partial charge is 0.410 e. The van der Waals surface area contributed by atoms with E-state index in [1.807, 2.05) is 56.9 Å². The van der Waals surface area contributed by atoms with E-state index in [2.05, 4.69) is 10.4 Å². The number of nitrogens with zero attached hydrogens (tertiary/aromatic N) is 3. The zero-order valence-electron chi connectivity index (χ0n) is 19.0. The van der Waals surface area contributed by atoms with Crippen LogP contribution in [0.5, 0.6) is 0 Å². The number of rotatable bonds is 3. The van der Waals surface area contributed by atoms with E-state index in [0.717, 1.165) is 15.8 Å². The third kappa shape index (κ3) is 4.50. The zero-order valence-corrected chi connectivity index (χ0v) is 19.0. The first-order valence-electron chi connectivity index (χ1n) is 11.2. The van der Waals surface area contributed by atoms with Gasteiger partial charge in [0.05, 0.1) is 12.1 Å². The lowest BCUT2D eigenvalue weighted by Gasteiger charge is -2.39. The minimum Gasteiger partial charge on any atom is -0.367 e. The number of carbonyl (C=O) groups excluding carboxylic acids is 1. The number of aromatic nitrogens is 2. The lowest BCUT2D eigenvalue weighted by Crippen LogP contribution is -2.44. The van der Waals surface area contributed by atoms with E-state index in [-0.39, 0.29) is 29.7 Å². The van der Waals surface area contributed by atoms with Crippen LogP contribution in [0, 0.1) is 12.3 Å². The van der Waals surface area contributed by atoms with E-state index in [4.69, 9.17) is 0 Å². The molecular formula is C24H31F3N4O. The maximum Gasteiger partial charge on any atom is 0.410 e. The minimum absolute atomic E-state index is 0.0462. The number of halogens is 3. The van der Waals surface area contributed by atoms with Crippen molar-refractivity contribution in [1.29, 1.82) is 0 Å². The predicted molar refractivity (Wildman–Crippen MR) is 118 cm³/mol. The third-order valence-corrected chi connectivity index (χ3v) is 6.82. The van der Waals surface area contributed by atoms with Crippen LogP contribution in [0.3, 0.4) is 0 Å². The third-order valence-electron chi connectivity index (χ3n) is 6.82. The van der Waals surface area contributed by atoms with Gasteiger partial charge >= 0.3 is 6.18 Å². The second-order valence-electron chi connectivity index (χ2n) is 10.2. The molecule has 1 aromatic carbocycles. The fraction of sp³-hybridized carbons (Fsp3) is 0.583.